The van der Waals surface area contributed by atoms with E-state index in [0.717, 1.165) is 12.0 Å². The van der Waals surface area contributed by atoms with Gasteiger partial charge in [0.2, 0.25) is 0 Å². The van der Waals surface area contributed by atoms with E-state index >= 15 is 0 Å². The summed E-state index contributed by atoms with van der Waals surface area (Å²) in [6.45, 7) is 0.312. The largest absolute Gasteiger partial charge is 0.465 e. The predicted molar refractivity (Wildman–Crippen MR) is 83.2 cm³/mol. The minimum Gasteiger partial charge on any atom is -0.465 e. The molecule has 1 heterocycles. The second-order valence-electron chi connectivity index (χ2n) is 5.89. The first-order chi connectivity index (χ1) is 11.2. The zero-order chi connectivity index (χ0) is 16.2. The lowest BCUT2D eigenvalue weighted by atomic mass is 10.0. The summed E-state index contributed by atoms with van der Waals surface area (Å²) in [5.41, 5.74) is 1.11. The molecule has 0 saturated heterocycles. The van der Waals surface area contributed by atoms with Crippen LogP contribution < -0.4 is 0 Å². The predicted octanol–water partition coefficient (Wildman–Crippen LogP) is 1.87. The van der Waals surface area contributed by atoms with E-state index in [-0.39, 0.29) is 23.8 Å². The molecule has 1 aromatic carbocycles. The maximum Gasteiger partial charge on any atom is 0.311 e. The molecule has 0 unspecified atom stereocenters. The normalized spacial score (nSPS) is 23.6. The molecule has 0 spiro atoms. The van der Waals surface area contributed by atoms with Crippen molar-refractivity contribution in [2.75, 3.05) is 6.61 Å². The summed E-state index contributed by atoms with van der Waals surface area (Å²) in [5.74, 6) is -1.37. The van der Waals surface area contributed by atoms with Gasteiger partial charge in [-0.1, -0.05) is 36.8 Å². The second-order valence-corrected chi connectivity index (χ2v) is 5.89. The van der Waals surface area contributed by atoms with Gasteiger partial charge in [-0.25, -0.2) is 0 Å². The molecule has 0 bridgehead atoms. The fourth-order valence-corrected chi connectivity index (χ4v) is 3.28. The molecule has 2 aliphatic rings. The molecule has 1 aromatic rings. The van der Waals surface area contributed by atoms with Crippen LogP contribution in [0.5, 0.6) is 0 Å². The van der Waals surface area contributed by atoms with Crippen LogP contribution >= 0.6 is 0 Å². The fraction of sp³-hybridized carbons (Fsp3) is 0.389. The van der Waals surface area contributed by atoms with Crippen LogP contribution in [0.15, 0.2) is 42.5 Å². The standard InChI is InChI=1S/C18H19NO4/c20-16-9-10-17(21)19(16)15-8-4-7-14(15)18(22)23-12-11-13-5-2-1-3-6-13/h1-3,5-6,9-10,14-15H,4,7-8,11-12H2/t14-,15-/m0/s1. The number of carbonyl (C=O) groups is 3. The highest BCUT2D eigenvalue weighted by atomic mass is 16.5. The highest BCUT2D eigenvalue weighted by Gasteiger charge is 2.42. The molecule has 5 nitrogen and oxygen atoms in total. The van der Waals surface area contributed by atoms with E-state index < -0.39 is 5.92 Å². The highest BCUT2D eigenvalue weighted by Crippen LogP contribution is 2.32. The fourth-order valence-electron chi connectivity index (χ4n) is 3.28. The van der Waals surface area contributed by atoms with Crippen molar-refractivity contribution < 1.29 is 19.1 Å². The number of amides is 2. The van der Waals surface area contributed by atoms with E-state index in [2.05, 4.69) is 0 Å². The van der Waals surface area contributed by atoms with Crippen LogP contribution in [0.25, 0.3) is 0 Å². The second kappa shape index (κ2) is 6.77. The number of rotatable bonds is 5. The van der Waals surface area contributed by atoms with Gasteiger partial charge in [-0.3, -0.25) is 19.3 Å². The van der Waals surface area contributed by atoms with Crippen LogP contribution in [0.4, 0.5) is 0 Å². The molecular weight excluding hydrogens is 294 g/mol. The van der Waals surface area contributed by atoms with Crippen molar-refractivity contribution in [1.82, 2.24) is 4.90 Å². The van der Waals surface area contributed by atoms with Gasteiger partial charge in [0, 0.05) is 18.6 Å². The van der Waals surface area contributed by atoms with Gasteiger partial charge in [-0.15, -0.1) is 0 Å². The third kappa shape index (κ3) is 3.33. The van der Waals surface area contributed by atoms with Gasteiger partial charge in [0.25, 0.3) is 11.8 Å². The number of imide groups is 1. The molecular formula is C18H19NO4. The maximum absolute atomic E-state index is 12.3. The van der Waals surface area contributed by atoms with Crippen molar-refractivity contribution in [2.45, 2.75) is 31.7 Å². The molecule has 1 fully saturated rings. The SMILES string of the molecule is O=C(OCCc1ccccc1)[C@H]1CCC[C@@H]1N1C(=O)C=CC1=O. The summed E-state index contributed by atoms with van der Waals surface area (Å²) < 4.78 is 5.38. The van der Waals surface area contributed by atoms with Gasteiger partial charge in [-0.05, 0) is 18.4 Å². The molecule has 1 aliphatic carbocycles. The van der Waals surface area contributed by atoms with E-state index in [1.165, 1.54) is 17.1 Å². The molecule has 1 aliphatic heterocycles. The number of benzene rings is 1. The average molecular weight is 313 g/mol. The van der Waals surface area contributed by atoms with Gasteiger partial charge in [-0.2, -0.15) is 0 Å². The lowest BCUT2D eigenvalue weighted by molar-refractivity contribution is -0.152. The number of carbonyl (C=O) groups excluding carboxylic acids is 3. The van der Waals surface area contributed by atoms with Crippen molar-refractivity contribution in [3.8, 4) is 0 Å². The third-order valence-corrected chi connectivity index (χ3v) is 4.44. The van der Waals surface area contributed by atoms with Crippen molar-refractivity contribution >= 4 is 17.8 Å². The molecule has 5 heteroatoms. The van der Waals surface area contributed by atoms with Gasteiger partial charge >= 0.3 is 5.97 Å². The zero-order valence-electron chi connectivity index (χ0n) is 12.8. The van der Waals surface area contributed by atoms with Crippen LogP contribution in [0.2, 0.25) is 0 Å². The van der Waals surface area contributed by atoms with Crippen molar-refractivity contribution in [3.63, 3.8) is 0 Å². The first-order valence-electron chi connectivity index (χ1n) is 7.92. The number of esters is 1. The number of hydrogen-bond donors (Lipinski definition) is 0. The van der Waals surface area contributed by atoms with Gasteiger partial charge in [0.05, 0.1) is 18.6 Å². The quantitative estimate of drug-likeness (QED) is 0.615. The molecule has 2 amide bonds. The van der Waals surface area contributed by atoms with E-state index in [4.69, 9.17) is 4.74 Å². The van der Waals surface area contributed by atoms with Crippen LogP contribution in [0.3, 0.4) is 0 Å². The third-order valence-electron chi connectivity index (χ3n) is 4.44. The Kier molecular flexibility index (Phi) is 4.55. The van der Waals surface area contributed by atoms with Crippen molar-refractivity contribution in [2.24, 2.45) is 5.92 Å². The molecule has 0 N–H and O–H groups in total. The van der Waals surface area contributed by atoms with Gasteiger partial charge < -0.3 is 4.74 Å². The lowest BCUT2D eigenvalue weighted by Gasteiger charge is -2.26. The van der Waals surface area contributed by atoms with Crippen LogP contribution in [0.1, 0.15) is 24.8 Å². The Morgan fingerprint density at radius 3 is 2.48 bits per heavy atom. The Morgan fingerprint density at radius 1 is 1.09 bits per heavy atom. The Hall–Kier alpha value is -2.43. The zero-order valence-corrected chi connectivity index (χ0v) is 12.8. The minimum atomic E-state index is -0.404. The van der Waals surface area contributed by atoms with Crippen LogP contribution in [0, 0.1) is 5.92 Å². The average Bonchev–Trinajstić information content (AvgIpc) is 3.15. The first kappa shape index (κ1) is 15.5. The molecule has 23 heavy (non-hydrogen) atoms. The Balaban J connectivity index is 1.56. The summed E-state index contributed by atoms with van der Waals surface area (Å²) in [4.78, 5) is 37.1. The van der Waals surface area contributed by atoms with E-state index in [0.29, 0.717) is 25.9 Å². The Morgan fingerprint density at radius 2 is 1.78 bits per heavy atom. The van der Waals surface area contributed by atoms with Crippen LogP contribution in [-0.2, 0) is 25.5 Å². The molecule has 0 radical (unpaired) electrons. The first-order valence-corrected chi connectivity index (χ1v) is 7.92. The number of ether oxygens (including phenoxy) is 1. The number of hydrogen-bond acceptors (Lipinski definition) is 4. The number of nitrogens with zero attached hydrogens (tertiary/aromatic N) is 1. The summed E-state index contributed by atoms with van der Waals surface area (Å²) in [5, 5.41) is 0. The maximum atomic E-state index is 12.3. The summed E-state index contributed by atoms with van der Waals surface area (Å²) in [7, 11) is 0. The summed E-state index contributed by atoms with van der Waals surface area (Å²) >= 11 is 0. The summed E-state index contributed by atoms with van der Waals surface area (Å²) in [6, 6.07) is 9.44. The smallest absolute Gasteiger partial charge is 0.311 e. The monoisotopic (exact) mass is 313 g/mol. The van der Waals surface area contributed by atoms with Gasteiger partial charge in [0.15, 0.2) is 0 Å². The molecule has 2 atom stereocenters. The van der Waals surface area contributed by atoms with Crippen molar-refractivity contribution in [3.05, 3.63) is 48.0 Å². The molecule has 0 aromatic heterocycles. The molecule has 1 saturated carbocycles. The topological polar surface area (TPSA) is 63.7 Å². The highest BCUT2D eigenvalue weighted by molar-refractivity contribution is 6.13. The minimum absolute atomic E-state index is 0.309. The lowest BCUT2D eigenvalue weighted by Crippen LogP contribution is -2.44. The summed E-state index contributed by atoms with van der Waals surface area (Å²) in [6.07, 6.45) is 5.33. The Bertz CT molecular complexity index is 620. The van der Waals surface area contributed by atoms with E-state index in [9.17, 15) is 14.4 Å². The van der Waals surface area contributed by atoms with Gasteiger partial charge in [0.1, 0.15) is 0 Å². The molecule has 120 valence electrons. The van der Waals surface area contributed by atoms with Crippen LogP contribution in [-0.4, -0.2) is 35.3 Å². The molecule has 3 rings (SSSR count). The van der Waals surface area contributed by atoms with E-state index in [1.807, 2.05) is 30.3 Å². The van der Waals surface area contributed by atoms with E-state index in [1.54, 1.807) is 0 Å². The van der Waals surface area contributed by atoms with Crippen molar-refractivity contribution in [1.29, 1.82) is 0 Å². The Labute approximate surface area is 134 Å².